The van der Waals surface area contributed by atoms with Crippen molar-refractivity contribution in [1.82, 2.24) is 9.91 Å². The van der Waals surface area contributed by atoms with Gasteiger partial charge in [-0.2, -0.15) is 0 Å². The third-order valence-electron chi connectivity index (χ3n) is 3.28. The quantitative estimate of drug-likeness (QED) is 0.616. The number of nitrogens with one attached hydrogen (secondary N) is 1. The fourth-order valence-electron chi connectivity index (χ4n) is 2.05. The lowest BCUT2D eigenvalue weighted by atomic mass is 10.1. The number of para-hydroxylation sites is 1. The first-order chi connectivity index (χ1) is 9.11. The number of nitrogen functional groups attached to an aromatic ring is 1. The van der Waals surface area contributed by atoms with Crippen LogP contribution in [-0.2, 0) is 4.74 Å². The maximum absolute atomic E-state index is 11.7. The van der Waals surface area contributed by atoms with Gasteiger partial charge in [-0.1, -0.05) is 6.07 Å². The number of nitrogens with two attached hydrogens (primary N) is 1. The number of likely N-dealkylation sites (N-methyl/N-ethyl adjacent to an activating group) is 1. The number of nitrogens with zero attached hydrogens (tertiary/aromatic N) is 2. The number of methoxy groups -OCH3 is 1. The van der Waals surface area contributed by atoms with Gasteiger partial charge in [-0.15, -0.1) is 0 Å². The highest BCUT2D eigenvalue weighted by Gasteiger charge is 2.19. The summed E-state index contributed by atoms with van der Waals surface area (Å²) < 4.78 is 4.78. The maximum atomic E-state index is 11.7. The third-order valence-corrected chi connectivity index (χ3v) is 3.28. The first kappa shape index (κ1) is 13.6. The number of rotatable bonds is 3. The van der Waals surface area contributed by atoms with Crippen molar-refractivity contribution in [1.29, 1.82) is 0 Å². The van der Waals surface area contributed by atoms with Gasteiger partial charge in [0.2, 0.25) is 0 Å². The molecule has 1 fully saturated rings. The maximum Gasteiger partial charge on any atom is 0.340 e. The Bertz CT molecular complexity index is 456. The molecule has 0 radical (unpaired) electrons. The molecule has 0 aromatic heterocycles. The standard InChI is InChI=1S/C13H20N4O2/c1-16-6-8-17(9-7-16)15-12-10(13(18)19-2)4-3-5-11(12)14/h3-5,15H,6-9,14H2,1-2H3. The number of hydrazine groups is 1. The molecule has 0 amide bonds. The highest BCUT2D eigenvalue weighted by Crippen LogP contribution is 2.25. The number of hydrogen-bond acceptors (Lipinski definition) is 6. The van der Waals surface area contributed by atoms with Gasteiger partial charge in [0, 0.05) is 26.2 Å². The zero-order valence-corrected chi connectivity index (χ0v) is 11.3. The van der Waals surface area contributed by atoms with Crippen LogP contribution in [0.3, 0.4) is 0 Å². The Morgan fingerprint density at radius 1 is 1.32 bits per heavy atom. The van der Waals surface area contributed by atoms with Gasteiger partial charge in [0.05, 0.1) is 24.0 Å². The monoisotopic (exact) mass is 264 g/mol. The summed E-state index contributed by atoms with van der Waals surface area (Å²) >= 11 is 0. The molecule has 104 valence electrons. The van der Waals surface area contributed by atoms with E-state index in [2.05, 4.69) is 22.4 Å². The molecule has 0 bridgehead atoms. The van der Waals surface area contributed by atoms with Crippen molar-refractivity contribution >= 4 is 17.3 Å². The molecule has 1 aromatic carbocycles. The Morgan fingerprint density at radius 3 is 2.63 bits per heavy atom. The van der Waals surface area contributed by atoms with E-state index in [1.807, 2.05) is 0 Å². The van der Waals surface area contributed by atoms with Crippen molar-refractivity contribution in [2.75, 3.05) is 51.5 Å². The van der Waals surface area contributed by atoms with Crippen LogP contribution in [-0.4, -0.2) is 56.2 Å². The van der Waals surface area contributed by atoms with Crippen molar-refractivity contribution < 1.29 is 9.53 Å². The summed E-state index contributed by atoms with van der Waals surface area (Å²) in [6, 6.07) is 5.22. The number of carbonyl (C=O) groups excluding carboxylic acids is 1. The van der Waals surface area contributed by atoms with Gasteiger partial charge in [0.1, 0.15) is 0 Å². The van der Waals surface area contributed by atoms with Crippen LogP contribution in [0.25, 0.3) is 0 Å². The first-order valence-corrected chi connectivity index (χ1v) is 6.28. The highest BCUT2D eigenvalue weighted by atomic mass is 16.5. The van der Waals surface area contributed by atoms with Gasteiger partial charge in [0.15, 0.2) is 0 Å². The molecule has 1 aliphatic rings. The Balaban J connectivity index is 2.17. The molecule has 1 saturated heterocycles. The van der Waals surface area contributed by atoms with E-state index < -0.39 is 0 Å². The van der Waals surface area contributed by atoms with Crippen molar-refractivity contribution in [2.45, 2.75) is 0 Å². The molecule has 1 aromatic rings. The van der Waals surface area contributed by atoms with Crippen LogP contribution in [0.1, 0.15) is 10.4 Å². The van der Waals surface area contributed by atoms with E-state index in [9.17, 15) is 4.79 Å². The molecule has 19 heavy (non-hydrogen) atoms. The Kier molecular flexibility index (Phi) is 4.24. The normalized spacial score (nSPS) is 17.2. The van der Waals surface area contributed by atoms with E-state index in [0.717, 1.165) is 26.2 Å². The Morgan fingerprint density at radius 2 is 2.00 bits per heavy atom. The minimum Gasteiger partial charge on any atom is -0.465 e. The number of ether oxygens (including phenoxy) is 1. The molecule has 2 rings (SSSR count). The topological polar surface area (TPSA) is 70.8 Å². The molecule has 3 N–H and O–H groups in total. The average Bonchev–Trinajstić information content (AvgIpc) is 2.42. The van der Waals surface area contributed by atoms with E-state index in [0.29, 0.717) is 16.9 Å². The molecular formula is C13H20N4O2. The molecule has 1 aliphatic heterocycles. The molecule has 1 heterocycles. The van der Waals surface area contributed by atoms with Crippen molar-refractivity contribution in [3.63, 3.8) is 0 Å². The molecule has 0 spiro atoms. The molecule has 0 saturated carbocycles. The smallest absolute Gasteiger partial charge is 0.340 e. The van der Waals surface area contributed by atoms with Gasteiger partial charge >= 0.3 is 5.97 Å². The molecule has 6 heteroatoms. The van der Waals surface area contributed by atoms with Crippen LogP contribution in [0.15, 0.2) is 18.2 Å². The van der Waals surface area contributed by atoms with E-state index in [4.69, 9.17) is 10.5 Å². The van der Waals surface area contributed by atoms with E-state index in [-0.39, 0.29) is 5.97 Å². The number of carbonyl (C=O) groups is 1. The summed E-state index contributed by atoms with van der Waals surface area (Å²) in [6.45, 7) is 3.72. The third kappa shape index (κ3) is 3.15. The second kappa shape index (κ2) is 5.90. The molecule has 0 atom stereocenters. The van der Waals surface area contributed by atoms with Crippen molar-refractivity contribution in [3.05, 3.63) is 23.8 Å². The zero-order valence-electron chi connectivity index (χ0n) is 11.3. The van der Waals surface area contributed by atoms with Crippen LogP contribution in [0.5, 0.6) is 0 Å². The SMILES string of the molecule is COC(=O)c1cccc(N)c1NN1CCN(C)CC1. The van der Waals surface area contributed by atoms with Crippen LogP contribution >= 0.6 is 0 Å². The van der Waals surface area contributed by atoms with Crippen LogP contribution < -0.4 is 11.2 Å². The largest absolute Gasteiger partial charge is 0.465 e. The second-order valence-corrected chi connectivity index (χ2v) is 4.66. The number of piperazine rings is 1. The average molecular weight is 264 g/mol. The summed E-state index contributed by atoms with van der Waals surface area (Å²) in [5.41, 5.74) is 10.8. The number of benzene rings is 1. The Hall–Kier alpha value is -1.79. The van der Waals surface area contributed by atoms with E-state index in [1.165, 1.54) is 7.11 Å². The lowest BCUT2D eigenvalue weighted by Crippen LogP contribution is -2.47. The lowest BCUT2D eigenvalue weighted by molar-refractivity contribution is 0.0601. The highest BCUT2D eigenvalue weighted by molar-refractivity contribution is 5.98. The van der Waals surface area contributed by atoms with Crippen molar-refractivity contribution in [2.24, 2.45) is 0 Å². The summed E-state index contributed by atoms with van der Waals surface area (Å²) in [4.78, 5) is 14.0. The zero-order chi connectivity index (χ0) is 13.8. The predicted octanol–water partition coefficient (Wildman–Crippen LogP) is 0.630. The van der Waals surface area contributed by atoms with Gasteiger partial charge in [-0.3, -0.25) is 0 Å². The molecule has 0 aliphatic carbocycles. The molecule has 6 nitrogen and oxygen atoms in total. The van der Waals surface area contributed by atoms with Crippen LogP contribution in [0.4, 0.5) is 11.4 Å². The fraction of sp³-hybridized carbons (Fsp3) is 0.462. The molecule has 0 unspecified atom stereocenters. The summed E-state index contributed by atoms with van der Waals surface area (Å²) in [5, 5.41) is 2.07. The summed E-state index contributed by atoms with van der Waals surface area (Å²) in [5.74, 6) is -0.385. The fourth-order valence-corrected chi connectivity index (χ4v) is 2.05. The Labute approximate surface area is 113 Å². The van der Waals surface area contributed by atoms with E-state index >= 15 is 0 Å². The number of esters is 1. The summed E-state index contributed by atoms with van der Waals surface area (Å²) in [7, 11) is 3.46. The van der Waals surface area contributed by atoms with Crippen molar-refractivity contribution in [3.8, 4) is 0 Å². The number of hydrogen-bond donors (Lipinski definition) is 2. The predicted molar refractivity (Wildman–Crippen MR) is 74.9 cm³/mol. The van der Waals surface area contributed by atoms with Gasteiger partial charge in [-0.25, -0.2) is 9.80 Å². The lowest BCUT2D eigenvalue weighted by Gasteiger charge is -2.33. The summed E-state index contributed by atoms with van der Waals surface area (Å²) in [6.07, 6.45) is 0. The second-order valence-electron chi connectivity index (χ2n) is 4.66. The minimum absolute atomic E-state index is 0.385. The number of anilines is 2. The van der Waals surface area contributed by atoms with E-state index in [1.54, 1.807) is 18.2 Å². The first-order valence-electron chi connectivity index (χ1n) is 6.28. The van der Waals surface area contributed by atoms with Crippen LogP contribution in [0.2, 0.25) is 0 Å². The van der Waals surface area contributed by atoms with Gasteiger partial charge in [0.25, 0.3) is 0 Å². The van der Waals surface area contributed by atoms with Gasteiger partial charge in [-0.05, 0) is 19.2 Å². The van der Waals surface area contributed by atoms with Gasteiger partial charge < -0.3 is 20.8 Å². The minimum atomic E-state index is -0.385. The van der Waals surface area contributed by atoms with Crippen LogP contribution in [0, 0.1) is 0 Å². The molecular weight excluding hydrogens is 244 g/mol.